The van der Waals surface area contributed by atoms with Gasteiger partial charge in [0.25, 0.3) is 5.91 Å². The molecule has 0 aliphatic carbocycles. The fraction of sp³-hybridized carbons (Fsp3) is 0.357. The number of nitrogens with zero attached hydrogens (tertiary/aromatic N) is 2. The molecule has 0 saturated heterocycles. The highest BCUT2D eigenvalue weighted by atomic mass is 32.1. The first-order valence-electron chi connectivity index (χ1n) is 6.64. The number of carbonyl (C=O) groups is 1. The molecule has 0 aliphatic rings. The van der Waals surface area contributed by atoms with Crippen molar-refractivity contribution in [3.8, 4) is 0 Å². The van der Waals surface area contributed by atoms with E-state index < -0.39 is 0 Å². The van der Waals surface area contributed by atoms with Gasteiger partial charge in [-0.2, -0.15) is 0 Å². The van der Waals surface area contributed by atoms with E-state index >= 15 is 0 Å². The molecule has 0 aromatic carbocycles. The van der Waals surface area contributed by atoms with Gasteiger partial charge < -0.3 is 10.6 Å². The van der Waals surface area contributed by atoms with Gasteiger partial charge in [0.05, 0.1) is 17.8 Å². The van der Waals surface area contributed by atoms with E-state index in [1.807, 2.05) is 13.1 Å². The summed E-state index contributed by atoms with van der Waals surface area (Å²) < 4.78 is 0. The van der Waals surface area contributed by atoms with Crippen LogP contribution in [0.3, 0.4) is 0 Å². The van der Waals surface area contributed by atoms with Gasteiger partial charge in [-0.1, -0.05) is 6.92 Å². The second-order valence-corrected chi connectivity index (χ2v) is 5.41. The van der Waals surface area contributed by atoms with Gasteiger partial charge in [-0.3, -0.25) is 9.78 Å². The Bertz CT molecular complexity index is 582. The van der Waals surface area contributed by atoms with Crippen LogP contribution in [0.15, 0.2) is 24.7 Å². The SMILES string of the molecule is CCNc1ccncc1C(=O)NCc1ncc(CC)s1. The van der Waals surface area contributed by atoms with E-state index in [0.717, 1.165) is 23.7 Å². The minimum absolute atomic E-state index is 0.137. The first-order valence-corrected chi connectivity index (χ1v) is 7.45. The zero-order chi connectivity index (χ0) is 14.4. The van der Waals surface area contributed by atoms with Crippen LogP contribution in [-0.4, -0.2) is 22.4 Å². The summed E-state index contributed by atoms with van der Waals surface area (Å²) in [5, 5.41) is 6.96. The molecule has 1 amide bonds. The Morgan fingerprint density at radius 3 is 2.90 bits per heavy atom. The normalized spacial score (nSPS) is 10.3. The van der Waals surface area contributed by atoms with Gasteiger partial charge in [-0.15, -0.1) is 11.3 Å². The molecule has 0 atom stereocenters. The number of hydrogen-bond acceptors (Lipinski definition) is 5. The molecule has 0 radical (unpaired) electrons. The summed E-state index contributed by atoms with van der Waals surface area (Å²) in [6, 6.07) is 1.80. The van der Waals surface area contributed by atoms with Crippen LogP contribution in [0.25, 0.3) is 0 Å². The summed E-state index contributed by atoms with van der Waals surface area (Å²) in [6.07, 6.45) is 6.08. The lowest BCUT2D eigenvalue weighted by Gasteiger charge is -2.09. The van der Waals surface area contributed by atoms with E-state index in [-0.39, 0.29) is 5.91 Å². The zero-order valence-corrected chi connectivity index (χ0v) is 12.5. The van der Waals surface area contributed by atoms with Gasteiger partial charge in [0, 0.05) is 30.0 Å². The molecule has 2 heterocycles. The first kappa shape index (κ1) is 14.5. The Morgan fingerprint density at radius 2 is 2.20 bits per heavy atom. The number of aromatic nitrogens is 2. The van der Waals surface area contributed by atoms with Crippen molar-refractivity contribution in [2.24, 2.45) is 0 Å². The Balaban J connectivity index is 2.01. The zero-order valence-electron chi connectivity index (χ0n) is 11.6. The molecule has 2 N–H and O–H groups in total. The molecule has 6 heteroatoms. The van der Waals surface area contributed by atoms with Gasteiger partial charge in [0.1, 0.15) is 5.01 Å². The minimum atomic E-state index is -0.137. The van der Waals surface area contributed by atoms with Crippen molar-refractivity contribution < 1.29 is 4.79 Å². The summed E-state index contributed by atoms with van der Waals surface area (Å²) in [5.41, 5.74) is 1.36. The summed E-state index contributed by atoms with van der Waals surface area (Å²) in [4.78, 5) is 21.7. The molecule has 0 saturated carbocycles. The topological polar surface area (TPSA) is 66.9 Å². The number of hydrogen-bond donors (Lipinski definition) is 2. The average molecular weight is 290 g/mol. The summed E-state index contributed by atoms with van der Waals surface area (Å²) in [7, 11) is 0. The van der Waals surface area contributed by atoms with E-state index in [9.17, 15) is 4.79 Å². The van der Waals surface area contributed by atoms with Crippen LogP contribution in [0, 0.1) is 0 Å². The van der Waals surface area contributed by atoms with Crippen LogP contribution in [0.5, 0.6) is 0 Å². The van der Waals surface area contributed by atoms with Gasteiger partial charge in [-0.25, -0.2) is 4.98 Å². The maximum atomic E-state index is 12.2. The second kappa shape index (κ2) is 7.00. The van der Waals surface area contributed by atoms with Gasteiger partial charge in [0.2, 0.25) is 0 Å². The standard InChI is InChI=1S/C14H18N4OS/c1-3-10-7-17-13(20-10)9-18-14(19)11-8-15-6-5-12(11)16-4-2/h5-8H,3-4,9H2,1-2H3,(H,15,16)(H,18,19). The van der Waals surface area contributed by atoms with Gasteiger partial charge in [-0.05, 0) is 19.4 Å². The van der Waals surface area contributed by atoms with Gasteiger partial charge >= 0.3 is 0 Å². The molecule has 5 nitrogen and oxygen atoms in total. The molecule has 2 aromatic heterocycles. The van der Waals surface area contributed by atoms with E-state index in [4.69, 9.17) is 0 Å². The summed E-state index contributed by atoms with van der Waals surface area (Å²) in [6.45, 7) is 5.29. The fourth-order valence-electron chi connectivity index (χ4n) is 1.76. The van der Waals surface area contributed by atoms with Crippen LogP contribution < -0.4 is 10.6 Å². The molecular weight excluding hydrogens is 272 g/mol. The maximum Gasteiger partial charge on any atom is 0.255 e. The van der Waals surface area contributed by atoms with Crippen molar-refractivity contribution in [2.45, 2.75) is 26.8 Å². The molecule has 0 aliphatic heterocycles. The second-order valence-electron chi connectivity index (χ2n) is 4.21. The van der Waals surface area contributed by atoms with Gasteiger partial charge in [0.15, 0.2) is 0 Å². The lowest BCUT2D eigenvalue weighted by molar-refractivity contribution is 0.0951. The van der Waals surface area contributed by atoms with Crippen molar-refractivity contribution in [3.63, 3.8) is 0 Å². The molecule has 0 spiro atoms. The molecule has 0 bridgehead atoms. The molecular formula is C14H18N4OS. The number of thiazole rings is 1. The van der Waals surface area contributed by atoms with Crippen molar-refractivity contribution in [1.82, 2.24) is 15.3 Å². The number of pyridine rings is 1. The Hall–Kier alpha value is -1.95. The van der Waals surface area contributed by atoms with Crippen LogP contribution in [0.4, 0.5) is 5.69 Å². The van der Waals surface area contributed by atoms with Crippen LogP contribution in [0.2, 0.25) is 0 Å². The molecule has 2 aromatic rings. The number of aryl methyl sites for hydroxylation is 1. The highest BCUT2D eigenvalue weighted by Crippen LogP contribution is 2.15. The predicted octanol–water partition coefficient (Wildman–Crippen LogP) is 2.46. The number of nitrogens with one attached hydrogen (secondary N) is 2. The van der Waals surface area contributed by atoms with E-state index in [0.29, 0.717) is 12.1 Å². The van der Waals surface area contributed by atoms with Crippen LogP contribution >= 0.6 is 11.3 Å². The first-order chi connectivity index (χ1) is 9.74. The molecule has 106 valence electrons. The van der Waals surface area contributed by atoms with Crippen molar-refractivity contribution in [2.75, 3.05) is 11.9 Å². The predicted molar refractivity (Wildman–Crippen MR) is 81.1 cm³/mol. The Morgan fingerprint density at radius 1 is 1.35 bits per heavy atom. The fourth-order valence-corrected chi connectivity index (χ4v) is 2.57. The number of anilines is 1. The molecule has 20 heavy (non-hydrogen) atoms. The minimum Gasteiger partial charge on any atom is -0.385 e. The van der Waals surface area contributed by atoms with E-state index in [1.165, 1.54) is 4.88 Å². The molecule has 2 rings (SSSR count). The number of rotatable bonds is 6. The molecule has 0 unspecified atom stereocenters. The lowest BCUT2D eigenvalue weighted by atomic mass is 10.2. The summed E-state index contributed by atoms with van der Waals surface area (Å²) >= 11 is 1.63. The largest absolute Gasteiger partial charge is 0.385 e. The highest BCUT2D eigenvalue weighted by molar-refractivity contribution is 7.11. The monoisotopic (exact) mass is 290 g/mol. The Labute approximate surface area is 122 Å². The van der Waals surface area contributed by atoms with Crippen molar-refractivity contribution in [1.29, 1.82) is 0 Å². The highest BCUT2D eigenvalue weighted by Gasteiger charge is 2.11. The summed E-state index contributed by atoms with van der Waals surface area (Å²) in [5.74, 6) is -0.137. The maximum absolute atomic E-state index is 12.2. The van der Waals surface area contributed by atoms with Crippen molar-refractivity contribution in [3.05, 3.63) is 40.1 Å². The third-order valence-corrected chi connectivity index (χ3v) is 3.92. The van der Waals surface area contributed by atoms with Crippen molar-refractivity contribution >= 4 is 22.9 Å². The Kier molecular flexibility index (Phi) is 5.06. The van der Waals surface area contributed by atoms with E-state index in [2.05, 4.69) is 27.5 Å². The average Bonchev–Trinajstić information content (AvgIpc) is 2.94. The van der Waals surface area contributed by atoms with Crippen LogP contribution in [-0.2, 0) is 13.0 Å². The number of amides is 1. The third-order valence-electron chi connectivity index (χ3n) is 2.78. The number of carbonyl (C=O) groups excluding carboxylic acids is 1. The van der Waals surface area contributed by atoms with E-state index in [1.54, 1.807) is 29.8 Å². The van der Waals surface area contributed by atoms with Crippen LogP contribution in [0.1, 0.15) is 34.1 Å². The lowest BCUT2D eigenvalue weighted by Crippen LogP contribution is -2.24. The smallest absolute Gasteiger partial charge is 0.255 e. The quantitative estimate of drug-likeness (QED) is 0.857. The molecule has 0 fully saturated rings. The third kappa shape index (κ3) is 3.54.